The van der Waals surface area contributed by atoms with Gasteiger partial charge in [0.15, 0.2) is 0 Å². The number of likely N-dealkylation sites (tertiary alicyclic amines) is 1. The third-order valence-electron chi connectivity index (χ3n) is 7.44. The van der Waals surface area contributed by atoms with Gasteiger partial charge in [-0.15, -0.1) is 0 Å². The molecule has 3 amide bonds. The van der Waals surface area contributed by atoms with Crippen molar-refractivity contribution in [1.29, 1.82) is 0 Å². The number of carbonyl (C=O) groups excluding carboxylic acids is 3. The minimum atomic E-state index is -4.45. The second-order valence-electron chi connectivity index (χ2n) is 9.79. The van der Waals surface area contributed by atoms with Crippen molar-refractivity contribution in [3.8, 4) is 0 Å². The first kappa shape index (κ1) is 25.7. The van der Waals surface area contributed by atoms with Crippen LogP contribution in [0.2, 0.25) is 5.02 Å². The van der Waals surface area contributed by atoms with Crippen molar-refractivity contribution in [2.45, 2.75) is 56.9 Å². The Labute approximate surface area is 215 Å². The van der Waals surface area contributed by atoms with Crippen LogP contribution in [0.1, 0.15) is 64.2 Å². The molecule has 0 aliphatic carbocycles. The van der Waals surface area contributed by atoms with Crippen LogP contribution in [0.25, 0.3) is 0 Å². The third-order valence-corrected chi connectivity index (χ3v) is 7.80. The minimum Gasteiger partial charge on any atom is -0.322 e. The summed E-state index contributed by atoms with van der Waals surface area (Å²) in [6.07, 6.45) is -2.89. The van der Waals surface area contributed by atoms with Crippen molar-refractivity contribution in [3.05, 3.63) is 69.0 Å². The van der Waals surface area contributed by atoms with E-state index in [2.05, 4.69) is 5.32 Å². The van der Waals surface area contributed by atoms with Gasteiger partial charge in [-0.05, 0) is 79.2 Å². The topological polar surface area (TPSA) is 69.7 Å². The first-order valence-electron chi connectivity index (χ1n) is 12.1. The summed E-state index contributed by atoms with van der Waals surface area (Å²) in [4.78, 5) is 40.0. The highest BCUT2D eigenvalue weighted by atomic mass is 35.5. The molecule has 11 heteroatoms. The fourth-order valence-electron chi connectivity index (χ4n) is 5.44. The summed E-state index contributed by atoms with van der Waals surface area (Å²) >= 11 is 6.14. The van der Waals surface area contributed by atoms with Crippen LogP contribution >= 0.6 is 11.6 Å². The molecular weight excluding hydrogens is 514 g/mol. The van der Waals surface area contributed by atoms with Crippen molar-refractivity contribution in [3.63, 3.8) is 0 Å². The van der Waals surface area contributed by atoms with Crippen molar-refractivity contribution in [2.75, 3.05) is 13.1 Å². The number of amides is 3. The molecule has 0 spiro atoms. The molecule has 1 N–H and O–H groups in total. The van der Waals surface area contributed by atoms with Gasteiger partial charge in [-0.25, -0.2) is 4.39 Å². The van der Waals surface area contributed by atoms with Gasteiger partial charge in [-0.2, -0.15) is 13.2 Å². The van der Waals surface area contributed by atoms with Gasteiger partial charge in [-0.3, -0.25) is 24.6 Å². The Balaban J connectivity index is 1.26. The number of hydrogen-bond acceptors (Lipinski definition) is 4. The van der Waals surface area contributed by atoms with Crippen molar-refractivity contribution >= 4 is 29.3 Å². The molecule has 3 heterocycles. The number of fused-ring (bicyclic) bond motifs is 1. The van der Waals surface area contributed by atoms with E-state index in [0.29, 0.717) is 42.6 Å². The maximum absolute atomic E-state index is 15.1. The van der Waals surface area contributed by atoms with E-state index in [0.717, 1.165) is 12.1 Å². The van der Waals surface area contributed by atoms with Crippen LogP contribution in [0.4, 0.5) is 17.6 Å². The lowest BCUT2D eigenvalue weighted by atomic mass is 9.87. The van der Waals surface area contributed by atoms with Gasteiger partial charge < -0.3 is 4.90 Å². The Hall–Kier alpha value is -2.98. The van der Waals surface area contributed by atoms with Crippen molar-refractivity contribution in [2.24, 2.45) is 0 Å². The smallest absolute Gasteiger partial charge is 0.322 e. The van der Waals surface area contributed by atoms with Crippen LogP contribution in [-0.4, -0.2) is 46.7 Å². The molecule has 2 saturated heterocycles. The zero-order chi connectivity index (χ0) is 26.5. The monoisotopic (exact) mass is 537 g/mol. The molecule has 0 saturated carbocycles. The van der Waals surface area contributed by atoms with Gasteiger partial charge in [0.1, 0.15) is 11.9 Å². The lowest BCUT2D eigenvalue weighted by molar-refractivity contribution is -0.138. The summed E-state index contributed by atoms with van der Waals surface area (Å²) < 4.78 is 54.4. The summed E-state index contributed by atoms with van der Waals surface area (Å²) in [6, 6.07) is 5.44. The molecule has 0 radical (unpaired) electrons. The van der Waals surface area contributed by atoms with Gasteiger partial charge in [0.25, 0.3) is 5.91 Å². The molecule has 196 valence electrons. The Kier molecular flexibility index (Phi) is 6.74. The Morgan fingerprint density at radius 3 is 2.43 bits per heavy atom. The fraction of sp³-hybridized carbons (Fsp3) is 0.423. The molecule has 0 aromatic heterocycles. The predicted octanol–water partition coefficient (Wildman–Crippen LogP) is 4.64. The van der Waals surface area contributed by atoms with Crippen LogP contribution in [0.3, 0.4) is 0 Å². The molecule has 2 fully saturated rings. The van der Waals surface area contributed by atoms with Crippen molar-refractivity contribution < 1.29 is 31.9 Å². The number of alkyl halides is 3. The van der Waals surface area contributed by atoms with E-state index < -0.39 is 35.4 Å². The van der Waals surface area contributed by atoms with Gasteiger partial charge >= 0.3 is 6.18 Å². The largest absolute Gasteiger partial charge is 0.416 e. The zero-order valence-corrected chi connectivity index (χ0v) is 20.5. The first-order chi connectivity index (χ1) is 17.5. The molecule has 3 aliphatic rings. The van der Waals surface area contributed by atoms with E-state index in [1.165, 1.54) is 17.0 Å². The van der Waals surface area contributed by atoms with E-state index in [1.807, 2.05) is 4.90 Å². The summed E-state index contributed by atoms with van der Waals surface area (Å²) in [7, 11) is 0. The van der Waals surface area contributed by atoms with Crippen LogP contribution in [0, 0.1) is 5.82 Å². The van der Waals surface area contributed by atoms with E-state index in [1.54, 1.807) is 6.07 Å². The average molecular weight is 538 g/mol. The van der Waals surface area contributed by atoms with Crippen molar-refractivity contribution in [1.82, 2.24) is 15.1 Å². The molecule has 3 aliphatic heterocycles. The molecule has 1 unspecified atom stereocenters. The number of hydrogen-bond donors (Lipinski definition) is 1. The van der Waals surface area contributed by atoms with E-state index in [9.17, 15) is 27.6 Å². The van der Waals surface area contributed by atoms with Gasteiger partial charge in [0.05, 0.1) is 5.56 Å². The highest BCUT2D eigenvalue weighted by molar-refractivity contribution is 6.31. The number of piperidine rings is 2. The third kappa shape index (κ3) is 5.09. The lowest BCUT2D eigenvalue weighted by Gasteiger charge is -2.32. The molecule has 1 atom stereocenters. The zero-order valence-electron chi connectivity index (χ0n) is 19.7. The number of imide groups is 1. The maximum atomic E-state index is 15.1. The van der Waals surface area contributed by atoms with E-state index >= 15 is 4.39 Å². The predicted molar refractivity (Wildman–Crippen MR) is 126 cm³/mol. The number of nitrogens with zero attached hydrogens (tertiary/aromatic N) is 2. The van der Waals surface area contributed by atoms with Gasteiger partial charge in [-0.1, -0.05) is 17.7 Å². The summed E-state index contributed by atoms with van der Waals surface area (Å²) in [5.74, 6) is -1.93. The quantitative estimate of drug-likeness (QED) is 0.456. The van der Waals surface area contributed by atoms with Gasteiger partial charge in [0, 0.05) is 30.1 Å². The number of rotatable bonds is 4. The number of nitrogens with one attached hydrogen (secondary N) is 1. The number of benzene rings is 2. The van der Waals surface area contributed by atoms with Crippen LogP contribution in [-0.2, 0) is 28.9 Å². The second-order valence-corrected chi connectivity index (χ2v) is 10.2. The van der Waals surface area contributed by atoms with Gasteiger partial charge in [0.2, 0.25) is 11.8 Å². The SMILES string of the molecule is O=C1CCC(N2Cc3cc(C4CCN(Cc5cc(C(F)(F)F)ccc5Cl)CC4)c(F)cc3C2=O)C(=O)N1. The standard InChI is InChI=1S/C26H24ClF4N3O3/c27-20-2-1-17(26(29,30)31)9-16(20)12-33-7-5-14(6-8-33)18-10-15-13-34(25(37)19(15)11-21(18)28)22-3-4-23(35)32-24(22)36/h1-2,9-11,14,22H,3-8,12-13H2,(H,32,35,36). The highest BCUT2D eigenvalue weighted by Crippen LogP contribution is 2.37. The molecule has 2 aromatic carbocycles. The molecule has 2 aromatic rings. The van der Waals surface area contributed by atoms with Crippen LogP contribution < -0.4 is 5.32 Å². The van der Waals surface area contributed by atoms with E-state index in [-0.39, 0.29) is 48.3 Å². The molecule has 0 bridgehead atoms. The number of carbonyl (C=O) groups is 3. The molecule has 5 rings (SSSR count). The van der Waals surface area contributed by atoms with Crippen LogP contribution in [0.5, 0.6) is 0 Å². The number of halogens is 5. The molecular formula is C26H24ClF4N3O3. The summed E-state index contributed by atoms with van der Waals surface area (Å²) in [6.45, 7) is 1.53. The second kappa shape index (κ2) is 9.72. The fourth-order valence-corrected chi connectivity index (χ4v) is 5.61. The average Bonchev–Trinajstić information content (AvgIpc) is 3.15. The summed E-state index contributed by atoms with van der Waals surface area (Å²) in [5, 5.41) is 2.52. The van der Waals surface area contributed by atoms with E-state index in [4.69, 9.17) is 11.6 Å². The first-order valence-corrected chi connectivity index (χ1v) is 12.4. The Morgan fingerprint density at radius 1 is 1.03 bits per heavy atom. The Bertz CT molecular complexity index is 1270. The lowest BCUT2D eigenvalue weighted by Crippen LogP contribution is -2.52. The summed E-state index contributed by atoms with van der Waals surface area (Å²) in [5.41, 5.74) is 1.01. The maximum Gasteiger partial charge on any atom is 0.416 e. The molecule has 6 nitrogen and oxygen atoms in total. The molecule has 37 heavy (non-hydrogen) atoms. The van der Waals surface area contributed by atoms with Crippen LogP contribution in [0.15, 0.2) is 30.3 Å². The Morgan fingerprint density at radius 2 is 1.76 bits per heavy atom. The normalized spacial score (nSPS) is 21.4. The highest BCUT2D eigenvalue weighted by Gasteiger charge is 2.40. The minimum absolute atomic E-state index is 0.113.